The van der Waals surface area contributed by atoms with Crippen molar-refractivity contribution in [1.82, 2.24) is 46.5 Å². The van der Waals surface area contributed by atoms with E-state index in [9.17, 15) is 151 Å². The third-order valence-electron chi connectivity index (χ3n) is 22.2. The van der Waals surface area contributed by atoms with Crippen molar-refractivity contribution in [3.63, 3.8) is 0 Å². The van der Waals surface area contributed by atoms with Gasteiger partial charge < -0.3 is 139 Å². The Morgan fingerprint density at radius 1 is 0.583 bits per heavy atom. The minimum atomic E-state index is -5.93. The number of nitrogens with zero attached hydrogens (tertiary/aromatic N) is 2. The zero-order chi connectivity index (χ0) is 99.1. The Morgan fingerprint density at radius 2 is 1.12 bits per heavy atom. The maximum atomic E-state index is 14.6. The summed E-state index contributed by atoms with van der Waals surface area (Å²) in [6, 6.07) is -13.4. The number of carboxylic acid groups (broad SMARTS) is 3. The fourth-order valence-corrected chi connectivity index (χ4v) is 18.8. The topological polar surface area (TPSA) is 931 Å². The van der Waals surface area contributed by atoms with Gasteiger partial charge in [0.2, 0.25) is 41.4 Å². The lowest BCUT2D eigenvalue weighted by molar-refractivity contribution is -0.323. The fraction of sp³-hybridized carbons (Fsp3) is 0.826. The molecule has 132 heavy (non-hydrogen) atoms. The average molecular weight is 2010 g/mol. The van der Waals surface area contributed by atoms with E-state index < -0.39 is 372 Å². The Labute approximate surface area is 760 Å². The van der Waals surface area contributed by atoms with E-state index in [-0.39, 0.29) is 57.6 Å². The molecule has 31 N–H and O–H groups in total. The summed E-state index contributed by atoms with van der Waals surface area (Å²) < 4.78 is 206. The van der Waals surface area contributed by atoms with Crippen LogP contribution in [-0.2, 0) is 145 Å². The maximum absolute atomic E-state index is 14.6. The molecule has 0 spiro atoms. The van der Waals surface area contributed by atoms with E-state index in [2.05, 4.69) is 26.3 Å². The van der Waals surface area contributed by atoms with Gasteiger partial charge in [0.05, 0.1) is 98.4 Å². The first-order valence-corrected chi connectivity index (χ1v) is 47.9. The van der Waals surface area contributed by atoms with E-state index in [1.807, 2.05) is 10.9 Å². The van der Waals surface area contributed by atoms with Crippen LogP contribution in [0.2, 0.25) is 0 Å². The summed E-state index contributed by atoms with van der Waals surface area (Å²) in [5, 5.41) is 106. The number of guanidine groups is 1. The van der Waals surface area contributed by atoms with Gasteiger partial charge in [-0.1, -0.05) is 20.8 Å². The minimum absolute atomic E-state index is 0.0259. The van der Waals surface area contributed by atoms with Gasteiger partial charge in [0.15, 0.2) is 18.5 Å². The van der Waals surface area contributed by atoms with Crippen LogP contribution in [0.15, 0.2) is 4.99 Å². The Bertz CT molecular complexity index is 4430. The Balaban J connectivity index is 1.20. The lowest BCUT2D eigenvalue weighted by Gasteiger charge is -2.49. The van der Waals surface area contributed by atoms with Crippen molar-refractivity contribution in [2.24, 2.45) is 51.4 Å². The first kappa shape index (κ1) is 113. The summed E-state index contributed by atoms with van der Waals surface area (Å²) >= 11 is 0.679. The van der Waals surface area contributed by atoms with Crippen LogP contribution in [0.1, 0.15) is 111 Å². The van der Waals surface area contributed by atoms with Crippen molar-refractivity contribution in [3.05, 3.63) is 0 Å². The number of nitrogens with two attached hydrogens (primary N) is 5. The Kier molecular flexibility index (Phi) is 44.1. The Hall–Kier alpha value is -7.25. The maximum Gasteiger partial charge on any atom is 0.397 e. The zero-order valence-corrected chi connectivity index (χ0v) is 75.7. The molecule has 58 nitrogen and oxygen atoms in total. The molecule has 6 rings (SSSR count). The van der Waals surface area contributed by atoms with E-state index in [0.717, 1.165) is 6.92 Å². The number of unbranched alkanes of at least 4 members (excludes halogenated alkanes) is 1. The number of methoxy groups -OCH3 is 1. The average Bonchev–Trinajstić information content (AvgIpc) is 0.820. The van der Waals surface area contributed by atoms with Gasteiger partial charge in [-0.05, 0) is 77.7 Å². The highest BCUT2D eigenvalue weighted by Gasteiger charge is 2.58. The number of hydrazine groups is 1. The fourth-order valence-electron chi connectivity index (χ4n) is 15.4. The number of carbonyl (C=O) groups is 11. The van der Waals surface area contributed by atoms with E-state index in [4.69, 9.17) is 79.7 Å². The number of imide groups is 1. The summed E-state index contributed by atoms with van der Waals surface area (Å²) in [6.07, 6.45) is -40.9. The SMILES string of the molecule is CCC1OC(COCC2C(C(=O)NNC(=O)CCN3C(=O)CC(SCC(N)C(=O)NC(CCCN=C(N)N)C(=O)NC(CCC(=O)O)C(=O)NC(CCCCN)C(=O)NC(C)C(=O)O)C3=O)OC(OC3C(CC)OC(COCC4C(C(=O)O)CC(OC5C(CC)OC(OC)C(N)C5O)C(OS(=O)(=O)O)C4O)C(NS(=O)(=O)O)C3OS(=O)(=O)O)C(O)C2O)C(NS(=O)(=O)O)C(O)C1O. The first-order valence-electron chi connectivity index (χ1n) is 41.3. The molecule has 31 unspecified atom stereocenters. The molecule has 5 aliphatic heterocycles. The van der Waals surface area contributed by atoms with Crippen LogP contribution in [-0.4, -0.2) is 403 Å². The summed E-state index contributed by atoms with van der Waals surface area (Å²) in [5.74, 6) is -19.7. The molecule has 6 fully saturated rings. The number of thioether (sulfide) groups is 1. The normalized spacial score (nSPS) is 31.9. The number of hydrogen-bond acceptors (Lipinski definition) is 41. The molecule has 31 atom stereocenters. The molecule has 0 aromatic rings. The lowest BCUT2D eigenvalue weighted by atomic mass is 9.74. The van der Waals surface area contributed by atoms with E-state index >= 15 is 0 Å². The van der Waals surface area contributed by atoms with Gasteiger partial charge in [-0.2, -0.15) is 43.1 Å². The number of rotatable bonds is 52. The van der Waals surface area contributed by atoms with Gasteiger partial charge in [-0.3, -0.25) is 91.7 Å². The van der Waals surface area contributed by atoms with Crippen molar-refractivity contribution in [3.8, 4) is 0 Å². The van der Waals surface area contributed by atoms with Crippen LogP contribution in [0.4, 0.5) is 0 Å². The monoisotopic (exact) mass is 2010 g/mol. The highest BCUT2D eigenvalue weighted by atomic mass is 32.3. The van der Waals surface area contributed by atoms with Crippen LogP contribution in [0.25, 0.3) is 0 Å². The molecule has 63 heteroatoms. The third-order valence-corrected chi connectivity index (χ3v) is 25.6. The summed E-state index contributed by atoms with van der Waals surface area (Å²) in [4.78, 5) is 151. The van der Waals surface area contributed by atoms with Crippen molar-refractivity contribution in [2.75, 3.05) is 58.9 Å². The number of aliphatic hydroxyl groups excluding tert-OH is 6. The predicted octanol–water partition coefficient (Wildman–Crippen LogP) is -12.4. The number of carbonyl (C=O) groups excluding carboxylic acids is 8. The number of amides is 8. The first-order chi connectivity index (χ1) is 61.6. The molecule has 6 aliphatic rings. The molecule has 0 aromatic heterocycles. The van der Waals surface area contributed by atoms with Crippen LogP contribution >= 0.6 is 11.8 Å². The van der Waals surface area contributed by atoms with Crippen molar-refractivity contribution < 1.29 is 202 Å². The largest absolute Gasteiger partial charge is 0.481 e. The number of ether oxygens (including phenoxy) is 9. The Morgan fingerprint density at radius 3 is 1.67 bits per heavy atom. The quantitative estimate of drug-likeness (QED) is 0.00671. The number of nitrogens with one attached hydrogen (secondary N) is 8. The molecule has 0 aromatic carbocycles. The third kappa shape index (κ3) is 33.6. The second kappa shape index (κ2) is 51.2. The van der Waals surface area contributed by atoms with Gasteiger partial charge in [0.25, 0.3) is 5.91 Å². The number of hydrogen-bond donors (Lipinski definition) is 26. The van der Waals surface area contributed by atoms with Crippen LogP contribution in [0, 0.1) is 17.8 Å². The molecule has 758 valence electrons. The highest BCUT2D eigenvalue weighted by Crippen LogP contribution is 2.40. The molecule has 5 heterocycles. The van der Waals surface area contributed by atoms with Crippen molar-refractivity contribution in [2.45, 2.75) is 281 Å². The second-order valence-corrected chi connectivity index (χ2v) is 37.3. The van der Waals surface area contributed by atoms with E-state index in [0.29, 0.717) is 23.1 Å². The van der Waals surface area contributed by atoms with Crippen LogP contribution in [0.3, 0.4) is 0 Å². The smallest absolute Gasteiger partial charge is 0.397 e. The molecular formula is C69H119N15O43S5. The summed E-state index contributed by atoms with van der Waals surface area (Å²) in [7, 11) is -21.2. The van der Waals surface area contributed by atoms with E-state index in [1.165, 1.54) is 21.0 Å². The molecule has 1 aliphatic carbocycles. The highest BCUT2D eigenvalue weighted by molar-refractivity contribution is 8.00. The zero-order valence-electron chi connectivity index (χ0n) is 71.6. The number of likely N-dealkylation sites (tertiary alicyclic amines) is 1. The predicted molar refractivity (Wildman–Crippen MR) is 441 cm³/mol. The molecule has 8 amide bonds. The minimum Gasteiger partial charge on any atom is -0.481 e. The molecule has 5 saturated heterocycles. The van der Waals surface area contributed by atoms with E-state index in [1.54, 1.807) is 16.4 Å². The van der Waals surface area contributed by atoms with Gasteiger partial charge in [0.1, 0.15) is 91.3 Å². The number of carboxylic acids is 3. The number of aliphatic hydroxyl groups is 6. The van der Waals surface area contributed by atoms with Gasteiger partial charge >= 0.3 is 59.3 Å². The molecule has 0 radical (unpaired) electrons. The standard InChI is InChI=1S/C69H119N15O43S5/c1-6-35-50(91)52(93)46(82-129(105,106)107)39(120-35)24-119-23-30-48(89)53(94)68(125-57-37(8-3)121-40(47(83-130(108,109)110)58(57)127-132(114,115)116)25-118-22-29-28(66(103)104)20-38(56(49(29)90)126-131(111,112)113)122-55-36(7-2)123-67(117-5)45(72)51(55)92)124-54(30)63(99)81-80-42(85)16-19-84-43(86)21-41(64(84)100)128-26-31(71)59(95)77-33(13-11-18-75-69(73)74)61(97)79-34(14-15-44(87)88)62(98)78-32(12-9-10-17-70)60(96)76-27(4)65(101)102/h27-41,45-58,67-68,82-83,89-94H,6-26,70-72H2,1-5H3,(H,76,96)(H,77,95)(H,78,98)(H,79,97)(H,80,85)(H,81,99)(H,87,88)(H,101,102)(H,103,104)(H4,73,74,75)(H,105,106,107)(H,108,109,110)(H,111,112,113)(H,114,115,116). The van der Waals surface area contributed by atoms with Gasteiger partial charge in [0, 0.05) is 57.1 Å². The number of aliphatic imine (C=N–C) groups is 1. The summed E-state index contributed by atoms with van der Waals surface area (Å²) in [6.45, 7) is 0.768. The number of aliphatic carboxylic acids is 3. The second-order valence-electron chi connectivity index (χ2n) is 31.6. The van der Waals surface area contributed by atoms with Gasteiger partial charge in [-0.25, -0.2) is 8.37 Å². The molecular weight excluding hydrogens is 1890 g/mol. The van der Waals surface area contributed by atoms with Crippen LogP contribution in [0.5, 0.6) is 0 Å². The van der Waals surface area contributed by atoms with Crippen molar-refractivity contribution >= 4 is 124 Å². The van der Waals surface area contributed by atoms with Crippen LogP contribution < -0.4 is 70.2 Å². The lowest BCUT2D eigenvalue weighted by Crippen LogP contribution is -2.68. The molecule has 1 saturated carbocycles. The molecule has 0 bridgehead atoms. The van der Waals surface area contributed by atoms with Crippen molar-refractivity contribution in [1.29, 1.82) is 0 Å². The van der Waals surface area contributed by atoms with Gasteiger partial charge in [-0.15, -0.1) is 11.8 Å². The summed E-state index contributed by atoms with van der Waals surface area (Å²) in [5.41, 5.74) is 32.8.